The van der Waals surface area contributed by atoms with E-state index in [1.807, 2.05) is 54.6 Å². The summed E-state index contributed by atoms with van der Waals surface area (Å²) in [6, 6.07) is 30.2. The molecule has 4 aromatic rings. The molecule has 0 spiro atoms. The van der Waals surface area contributed by atoms with Crippen LogP contribution in [0.3, 0.4) is 0 Å². The van der Waals surface area contributed by atoms with E-state index in [1.54, 1.807) is 0 Å². The summed E-state index contributed by atoms with van der Waals surface area (Å²) < 4.78 is 42.9. The predicted octanol–water partition coefficient (Wildman–Crippen LogP) is 5.79. The van der Waals surface area contributed by atoms with E-state index in [9.17, 15) is 13.2 Å². The molecule has 4 aromatic carbocycles. The van der Waals surface area contributed by atoms with Gasteiger partial charge in [0.1, 0.15) is 17.5 Å². The number of halogens is 3. The van der Waals surface area contributed by atoms with Gasteiger partial charge >= 0.3 is 0 Å². The Morgan fingerprint density at radius 1 is 0.571 bits per heavy atom. The second kappa shape index (κ2) is 8.90. The van der Waals surface area contributed by atoms with Gasteiger partial charge in [0.05, 0.1) is 0 Å². The van der Waals surface area contributed by atoms with Gasteiger partial charge in [-0.25, -0.2) is 13.2 Å². The van der Waals surface area contributed by atoms with Crippen molar-refractivity contribution in [3.63, 3.8) is 0 Å². The molecule has 0 saturated heterocycles. The summed E-state index contributed by atoms with van der Waals surface area (Å²) in [5.41, 5.74) is 6.16. The molecule has 1 aliphatic rings. The molecule has 5 rings (SSSR count). The van der Waals surface area contributed by atoms with E-state index in [1.165, 1.54) is 42.0 Å². The summed E-state index contributed by atoms with van der Waals surface area (Å²) in [6.07, 6.45) is -0.968. The lowest BCUT2D eigenvalue weighted by Crippen LogP contribution is -2.79. The number of quaternary nitrogens is 1. The molecule has 0 saturated carbocycles. The van der Waals surface area contributed by atoms with Gasteiger partial charge in [0.2, 0.25) is 0 Å². The maximum absolute atomic E-state index is 14.1. The zero-order valence-electron chi connectivity index (χ0n) is 19.9. The lowest BCUT2D eigenvalue weighted by atomic mass is 9.19. The molecule has 0 atom stereocenters. The third-order valence-corrected chi connectivity index (χ3v) is 7.71. The predicted molar refractivity (Wildman–Crippen MR) is 139 cm³/mol. The minimum Gasteiger partial charge on any atom is -0.508 e. The largest absolute Gasteiger partial charge is 0.508 e. The molecular formula is C30H27BF3N. The van der Waals surface area contributed by atoms with Crippen molar-refractivity contribution in [2.45, 2.75) is 6.42 Å². The highest BCUT2D eigenvalue weighted by molar-refractivity contribution is 7.11. The zero-order valence-corrected chi connectivity index (χ0v) is 19.9. The summed E-state index contributed by atoms with van der Waals surface area (Å²) in [6.45, 7) is 0.823. The Kier molecular flexibility index (Phi) is 5.90. The molecule has 0 amide bonds. The SMILES string of the molecule is C[N+]1(C)CCC(c2ccccc2)=C(c2ccc(F)cc2)[B-]1(c1ccc(F)cc1)c1ccc(F)cc1. The van der Waals surface area contributed by atoms with Crippen LogP contribution in [-0.2, 0) is 0 Å². The van der Waals surface area contributed by atoms with Crippen LogP contribution < -0.4 is 10.9 Å². The molecule has 5 heteroatoms. The molecule has 0 aromatic heterocycles. The molecule has 35 heavy (non-hydrogen) atoms. The van der Waals surface area contributed by atoms with Crippen LogP contribution in [0.2, 0.25) is 0 Å². The molecule has 1 aliphatic heterocycles. The van der Waals surface area contributed by atoms with Gasteiger partial charge in [0, 0.05) is 27.1 Å². The van der Waals surface area contributed by atoms with Crippen LogP contribution in [0.4, 0.5) is 13.2 Å². The van der Waals surface area contributed by atoms with Crippen LogP contribution in [0.1, 0.15) is 17.5 Å². The Morgan fingerprint density at radius 3 is 1.51 bits per heavy atom. The summed E-state index contributed by atoms with van der Waals surface area (Å²) in [4.78, 5) is 0. The first-order valence-electron chi connectivity index (χ1n) is 11.9. The smallest absolute Gasteiger partial charge is 0.291 e. The second-order valence-electron chi connectivity index (χ2n) is 9.94. The Labute approximate surface area is 204 Å². The van der Waals surface area contributed by atoms with E-state index < -0.39 is 6.28 Å². The van der Waals surface area contributed by atoms with Gasteiger partial charge in [-0.3, -0.25) is 0 Å². The van der Waals surface area contributed by atoms with E-state index in [4.69, 9.17) is 0 Å². The average Bonchev–Trinajstić information content (AvgIpc) is 2.86. The summed E-state index contributed by atoms with van der Waals surface area (Å²) >= 11 is 0. The molecule has 1 heterocycles. The van der Waals surface area contributed by atoms with Crippen LogP contribution in [0.15, 0.2) is 103 Å². The van der Waals surface area contributed by atoms with Gasteiger partial charge in [0.15, 0.2) is 0 Å². The molecule has 176 valence electrons. The number of benzene rings is 4. The average molecular weight is 469 g/mol. The Bertz CT molecular complexity index is 1310. The maximum atomic E-state index is 14.1. The van der Waals surface area contributed by atoms with Gasteiger partial charge < -0.3 is 4.39 Å². The van der Waals surface area contributed by atoms with Crippen LogP contribution in [0, 0.1) is 17.5 Å². The molecule has 0 fully saturated rings. The first-order chi connectivity index (χ1) is 16.8. The van der Waals surface area contributed by atoms with Crippen molar-refractivity contribution < 1.29 is 17.6 Å². The number of nitrogens with zero attached hydrogens (tertiary/aromatic N) is 1. The Balaban J connectivity index is 1.96. The first-order valence-corrected chi connectivity index (χ1v) is 11.9. The third kappa shape index (κ3) is 3.90. The number of hydrogen-bond acceptors (Lipinski definition) is 0. The van der Waals surface area contributed by atoms with Crippen LogP contribution in [0.25, 0.3) is 11.0 Å². The normalized spacial score (nSPS) is 16.8. The van der Waals surface area contributed by atoms with Crippen LogP contribution in [-0.4, -0.2) is 31.3 Å². The van der Waals surface area contributed by atoms with E-state index in [0.717, 1.165) is 40.5 Å². The van der Waals surface area contributed by atoms with E-state index in [0.29, 0.717) is 4.39 Å². The van der Waals surface area contributed by atoms with Gasteiger partial charge in [-0.15, -0.1) is 16.4 Å². The highest BCUT2D eigenvalue weighted by Crippen LogP contribution is 2.43. The topological polar surface area (TPSA) is 0 Å². The van der Waals surface area contributed by atoms with Crippen molar-refractivity contribution in [2.75, 3.05) is 20.6 Å². The monoisotopic (exact) mass is 469 g/mol. The van der Waals surface area contributed by atoms with Crippen molar-refractivity contribution in [1.29, 1.82) is 0 Å². The van der Waals surface area contributed by atoms with Gasteiger partial charge in [0.25, 0.3) is 6.28 Å². The summed E-state index contributed by atoms with van der Waals surface area (Å²) in [5.74, 6) is -0.923. The van der Waals surface area contributed by atoms with Crippen LogP contribution >= 0.6 is 0 Å². The summed E-state index contributed by atoms with van der Waals surface area (Å²) in [7, 11) is 4.36. The lowest BCUT2D eigenvalue weighted by molar-refractivity contribution is -0.786. The quantitative estimate of drug-likeness (QED) is 0.332. The first kappa shape index (κ1) is 23.2. The molecule has 0 aliphatic carbocycles. The minimum absolute atomic E-state index is 0.304. The number of rotatable bonds is 4. The van der Waals surface area contributed by atoms with E-state index in [-0.39, 0.29) is 17.5 Å². The van der Waals surface area contributed by atoms with Crippen molar-refractivity contribution in [3.05, 3.63) is 132 Å². The molecule has 1 nitrogen and oxygen atoms in total. The highest BCUT2D eigenvalue weighted by Gasteiger charge is 2.51. The third-order valence-electron chi connectivity index (χ3n) is 7.71. The standard InChI is InChI=1S/C30H27BF3N/c1-35(2)21-20-29(22-6-4-3-5-7-22)30(23-8-14-26(32)15-9-23)31(35,24-10-16-27(33)17-11-24)25-12-18-28(34)19-13-25/h3-19H,20-21H2,1-2H3. The van der Waals surface area contributed by atoms with Gasteiger partial charge in [-0.05, 0) is 42.0 Å². The van der Waals surface area contributed by atoms with E-state index >= 15 is 0 Å². The van der Waals surface area contributed by atoms with Crippen LogP contribution in [0.5, 0.6) is 0 Å². The second-order valence-corrected chi connectivity index (χ2v) is 9.94. The highest BCUT2D eigenvalue weighted by atomic mass is 19.1. The number of hydrogen-bond donors (Lipinski definition) is 0. The minimum atomic E-state index is -1.78. The van der Waals surface area contributed by atoms with Crippen molar-refractivity contribution in [2.24, 2.45) is 0 Å². The zero-order chi connectivity index (χ0) is 24.6. The Morgan fingerprint density at radius 2 is 1.03 bits per heavy atom. The molecule has 0 N–H and O–H groups in total. The van der Waals surface area contributed by atoms with Crippen molar-refractivity contribution in [1.82, 2.24) is 0 Å². The fraction of sp³-hybridized carbons (Fsp3) is 0.133. The maximum Gasteiger partial charge on any atom is 0.291 e. The van der Waals surface area contributed by atoms with Crippen molar-refractivity contribution >= 4 is 28.3 Å². The van der Waals surface area contributed by atoms with Gasteiger partial charge in [-0.2, -0.15) is 0 Å². The fourth-order valence-corrected chi connectivity index (χ4v) is 6.13. The van der Waals surface area contributed by atoms with Gasteiger partial charge in [-0.1, -0.05) is 77.9 Å². The molecule has 0 radical (unpaired) electrons. The molecule has 0 bridgehead atoms. The Hall–Kier alpha value is -3.57. The fourth-order valence-electron chi connectivity index (χ4n) is 6.13. The lowest BCUT2D eigenvalue weighted by Gasteiger charge is -2.61. The summed E-state index contributed by atoms with van der Waals surface area (Å²) in [5, 5.41) is 0. The van der Waals surface area contributed by atoms with E-state index in [2.05, 4.69) is 26.2 Å². The molecule has 0 unspecified atom stereocenters. The molecular weight excluding hydrogens is 442 g/mol. The van der Waals surface area contributed by atoms with Crippen molar-refractivity contribution in [3.8, 4) is 0 Å².